The number of halogens is 2. The number of aliphatic hydroxyl groups excluding tert-OH is 1. The molecule has 3 nitrogen and oxygen atoms in total. The van der Waals surface area contributed by atoms with Crippen LogP contribution >= 0.6 is 0 Å². The average Bonchev–Trinajstić information content (AvgIpc) is 2.59. The van der Waals surface area contributed by atoms with Gasteiger partial charge in [-0.1, -0.05) is 42.5 Å². The molecular formula is C19H15F2NO2. The van der Waals surface area contributed by atoms with Gasteiger partial charge in [0.05, 0.1) is 6.10 Å². The van der Waals surface area contributed by atoms with Crippen LogP contribution in [0, 0.1) is 11.6 Å². The third kappa shape index (κ3) is 3.26. The summed E-state index contributed by atoms with van der Waals surface area (Å²) in [4.78, 5) is 11.9. The largest absolute Gasteiger partial charge is 0.387 e. The van der Waals surface area contributed by atoms with Gasteiger partial charge in [-0.3, -0.25) is 4.79 Å². The summed E-state index contributed by atoms with van der Waals surface area (Å²) >= 11 is 0. The zero-order valence-electron chi connectivity index (χ0n) is 12.7. The number of aliphatic hydroxyl groups is 1. The van der Waals surface area contributed by atoms with E-state index in [1.165, 1.54) is 6.07 Å². The Morgan fingerprint density at radius 1 is 0.958 bits per heavy atom. The second-order valence-electron chi connectivity index (χ2n) is 5.43. The highest BCUT2D eigenvalue weighted by atomic mass is 19.1. The fraction of sp³-hybridized carbons (Fsp3) is 0.105. The number of hydrogen-bond acceptors (Lipinski definition) is 2. The second kappa shape index (κ2) is 6.76. The van der Waals surface area contributed by atoms with Gasteiger partial charge in [-0.25, -0.2) is 8.78 Å². The van der Waals surface area contributed by atoms with E-state index < -0.39 is 29.2 Å². The van der Waals surface area contributed by atoms with Crippen LogP contribution in [-0.4, -0.2) is 17.6 Å². The van der Waals surface area contributed by atoms with Crippen molar-refractivity contribution in [1.29, 1.82) is 0 Å². The Kier molecular flexibility index (Phi) is 4.53. The Hall–Kier alpha value is -2.79. The van der Waals surface area contributed by atoms with Gasteiger partial charge in [0.2, 0.25) is 0 Å². The van der Waals surface area contributed by atoms with Crippen molar-refractivity contribution in [3.63, 3.8) is 0 Å². The number of benzene rings is 3. The molecule has 0 aliphatic rings. The smallest absolute Gasteiger partial charge is 0.257 e. The molecule has 1 atom stereocenters. The maximum Gasteiger partial charge on any atom is 0.257 e. The predicted octanol–water partition coefficient (Wildman–Crippen LogP) is 3.58. The molecule has 0 saturated heterocycles. The zero-order valence-corrected chi connectivity index (χ0v) is 12.7. The first kappa shape index (κ1) is 16.1. The Morgan fingerprint density at radius 2 is 1.62 bits per heavy atom. The molecule has 122 valence electrons. The first-order chi connectivity index (χ1) is 11.6. The van der Waals surface area contributed by atoms with Gasteiger partial charge in [0.25, 0.3) is 5.91 Å². The van der Waals surface area contributed by atoms with E-state index in [0.717, 1.165) is 22.9 Å². The molecule has 1 amide bonds. The highest BCUT2D eigenvalue weighted by Crippen LogP contribution is 2.20. The molecule has 0 radical (unpaired) electrons. The van der Waals surface area contributed by atoms with Crippen molar-refractivity contribution < 1.29 is 18.7 Å². The summed E-state index contributed by atoms with van der Waals surface area (Å²) in [5.41, 5.74) is -0.0359. The van der Waals surface area contributed by atoms with Crippen LogP contribution in [0.15, 0.2) is 60.7 Å². The molecule has 24 heavy (non-hydrogen) atoms. The van der Waals surface area contributed by atoms with Crippen molar-refractivity contribution in [3.8, 4) is 0 Å². The normalized spacial score (nSPS) is 12.1. The Morgan fingerprint density at radius 3 is 2.33 bits per heavy atom. The summed E-state index contributed by atoms with van der Waals surface area (Å²) < 4.78 is 27.1. The third-order valence-electron chi connectivity index (χ3n) is 3.80. The number of rotatable bonds is 4. The number of hydrogen-bond donors (Lipinski definition) is 2. The fourth-order valence-corrected chi connectivity index (χ4v) is 2.53. The highest BCUT2D eigenvalue weighted by molar-refractivity contribution is 5.94. The summed E-state index contributed by atoms with van der Waals surface area (Å²) in [5, 5.41) is 14.6. The van der Waals surface area contributed by atoms with Gasteiger partial charge in [0, 0.05) is 6.54 Å². The van der Waals surface area contributed by atoms with Crippen LogP contribution in [0.1, 0.15) is 22.0 Å². The van der Waals surface area contributed by atoms with Gasteiger partial charge >= 0.3 is 0 Å². The first-order valence-corrected chi connectivity index (χ1v) is 7.45. The standard InChI is InChI=1S/C19H15F2NO2/c20-15-6-3-7-16(21)18(15)19(24)22-11-17(23)14-9-8-12-4-1-2-5-13(12)10-14/h1-10,17,23H,11H2,(H,22,24)/t17-/m0/s1. The number of fused-ring (bicyclic) bond motifs is 1. The van der Waals surface area contributed by atoms with E-state index in [1.807, 2.05) is 36.4 Å². The van der Waals surface area contributed by atoms with Crippen molar-refractivity contribution >= 4 is 16.7 Å². The topological polar surface area (TPSA) is 49.3 Å². The van der Waals surface area contributed by atoms with Gasteiger partial charge in [-0.15, -0.1) is 0 Å². The minimum absolute atomic E-state index is 0.148. The molecule has 0 aromatic heterocycles. The highest BCUT2D eigenvalue weighted by Gasteiger charge is 2.18. The van der Waals surface area contributed by atoms with Gasteiger partial charge in [-0.2, -0.15) is 0 Å². The van der Waals surface area contributed by atoms with Crippen molar-refractivity contribution in [2.75, 3.05) is 6.54 Å². The molecule has 0 heterocycles. The minimum atomic E-state index is -0.978. The van der Waals surface area contributed by atoms with E-state index in [1.54, 1.807) is 6.07 Å². The minimum Gasteiger partial charge on any atom is -0.387 e. The van der Waals surface area contributed by atoms with E-state index in [2.05, 4.69) is 5.32 Å². The molecule has 2 N–H and O–H groups in total. The molecule has 3 rings (SSSR count). The van der Waals surface area contributed by atoms with Gasteiger partial charge in [-0.05, 0) is 34.5 Å². The molecule has 0 saturated carbocycles. The lowest BCUT2D eigenvalue weighted by Crippen LogP contribution is -2.29. The molecule has 0 aliphatic heterocycles. The second-order valence-corrected chi connectivity index (χ2v) is 5.43. The van der Waals surface area contributed by atoms with Crippen LogP contribution in [-0.2, 0) is 0 Å². The molecule has 3 aromatic rings. The van der Waals surface area contributed by atoms with Gasteiger partial charge in [0.1, 0.15) is 17.2 Å². The lowest BCUT2D eigenvalue weighted by atomic mass is 10.0. The quantitative estimate of drug-likeness (QED) is 0.769. The van der Waals surface area contributed by atoms with Crippen LogP contribution in [0.2, 0.25) is 0 Å². The number of carbonyl (C=O) groups is 1. The van der Waals surface area contributed by atoms with Crippen LogP contribution in [0.3, 0.4) is 0 Å². The molecule has 3 aromatic carbocycles. The molecule has 0 fully saturated rings. The van der Waals surface area contributed by atoms with E-state index in [-0.39, 0.29) is 6.54 Å². The van der Waals surface area contributed by atoms with Crippen LogP contribution < -0.4 is 5.32 Å². The monoisotopic (exact) mass is 327 g/mol. The van der Waals surface area contributed by atoms with Gasteiger partial charge < -0.3 is 10.4 Å². The van der Waals surface area contributed by atoms with E-state index in [4.69, 9.17) is 0 Å². The average molecular weight is 327 g/mol. The predicted molar refractivity (Wildman–Crippen MR) is 87.6 cm³/mol. The van der Waals surface area contributed by atoms with Crippen LogP contribution in [0.4, 0.5) is 8.78 Å². The molecule has 0 spiro atoms. The molecule has 0 unspecified atom stereocenters. The zero-order chi connectivity index (χ0) is 17.1. The molecule has 0 bridgehead atoms. The molecular weight excluding hydrogens is 312 g/mol. The van der Waals surface area contributed by atoms with Crippen LogP contribution in [0.25, 0.3) is 10.8 Å². The van der Waals surface area contributed by atoms with Gasteiger partial charge in [0.15, 0.2) is 0 Å². The van der Waals surface area contributed by atoms with Crippen molar-refractivity contribution in [1.82, 2.24) is 5.32 Å². The number of carbonyl (C=O) groups excluding carboxylic acids is 1. The maximum atomic E-state index is 13.6. The summed E-state index contributed by atoms with van der Waals surface area (Å²) in [5.74, 6) is -2.77. The van der Waals surface area contributed by atoms with E-state index >= 15 is 0 Å². The number of amides is 1. The summed E-state index contributed by atoms with van der Waals surface area (Å²) in [6, 6.07) is 16.3. The third-order valence-corrected chi connectivity index (χ3v) is 3.80. The van der Waals surface area contributed by atoms with E-state index in [9.17, 15) is 18.7 Å². The maximum absolute atomic E-state index is 13.6. The SMILES string of the molecule is O=C(NC[C@H](O)c1ccc2ccccc2c1)c1c(F)cccc1F. The Labute approximate surface area is 137 Å². The molecule has 0 aliphatic carbocycles. The van der Waals surface area contributed by atoms with Crippen molar-refractivity contribution in [2.24, 2.45) is 0 Å². The lowest BCUT2D eigenvalue weighted by Gasteiger charge is -2.13. The van der Waals surface area contributed by atoms with Crippen molar-refractivity contribution in [2.45, 2.75) is 6.10 Å². The summed E-state index contributed by atoms with van der Waals surface area (Å²) in [7, 11) is 0. The Bertz CT molecular complexity index is 875. The summed E-state index contributed by atoms with van der Waals surface area (Å²) in [6.07, 6.45) is -0.978. The van der Waals surface area contributed by atoms with Crippen molar-refractivity contribution in [3.05, 3.63) is 83.4 Å². The lowest BCUT2D eigenvalue weighted by molar-refractivity contribution is 0.0908. The first-order valence-electron chi connectivity index (χ1n) is 7.45. The summed E-state index contributed by atoms with van der Waals surface area (Å²) in [6.45, 7) is -0.148. The van der Waals surface area contributed by atoms with E-state index in [0.29, 0.717) is 5.56 Å². The fourth-order valence-electron chi connectivity index (χ4n) is 2.53. The number of nitrogens with one attached hydrogen (secondary N) is 1. The van der Waals surface area contributed by atoms with Crippen LogP contribution in [0.5, 0.6) is 0 Å². The molecule has 5 heteroatoms. The Balaban J connectivity index is 1.72.